The summed E-state index contributed by atoms with van der Waals surface area (Å²) in [5, 5.41) is 11.9. The molecule has 0 amide bonds. The molecule has 0 radical (unpaired) electrons. The molecule has 3 N–H and O–H groups in total. The van der Waals surface area contributed by atoms with Crippen LogP contribution >= 0.6 is 12.2 Å². The Hall–Kier alpha value is -1.08. The van der Waals surface area contributed by atoms with Gasteiger partial charge in [0.25, 0.3) is 0 Å². The van der Waals surface area contributed by atoms with Crippen LogP contribution in [0.1, 0.15) is 27.7 Å². The topological polar surface area (TPSA) is 61.8 Å². The predicted molar refractivity (Wildman–Crippen MR) is 62.6 cm³/mol. The fourth-order valence-corrected chi connectivity index (χ4v) is 1.01. The summed E-state index contributed by atoms with van der Waals surface area (Å²) in [6.45, 7) is 8.93. The molecule has 3 nitrogen and oxygen atoms in total. The van der Waals surface area contributed by atoms with Crippen LogP contribution in [0.4, 0.5) is 0 Å². The summed E-state index contributed by atoms with van der Waals surface area (Å²) < 4.78 is 0. The first-order chi connectivity index (χ1) is 6.28. The largest absolute Gasteiger partial charge is 0.389 e. The van der Waals surface area contributed by atoms with Gasteiger partial charge in [0.15, 0.2) is 0 Å². The summed E-state index contributed by atoms with van der Waals surface area (Å²) in [5.41, 5.74) is 6.67. The fraction of sp³-hybridized carbons (Fsp3) is 0.600. The van der Waals surface area contributed by atoms with Crippen LogP contribution < -0.4 is 11.1 Å². The first-order valence-corrected chi connectivity index (χ1v) is 4.83. The first-order valence-electron chi connectivity index (χ1n) is 4.42. The summed E-state index contributed by atoms with van der Waals surface area (Å²) in [6, 6.07) is 1.99. The summed E-state index contributed by atoms with van der Waals surface area (Å²) >= 11 is 4.76. The van der Waals surface area contributed by atoms with Crippen molar-refractivity contribution in [3.05, 3.63) is 11.3 Å². The van der Waals surface area contributed by atoms with Crippen LogP contribution in [0.5, 0.6) is 0 Å². The normalized spacial score (nSPS) is 12.8. The molecule has 0 saturated heterocycles. The first kappa shape index (κ1) is 12.9. The summed E-state index contributed by atoms with van der Waals surface area (Å²) in [5.74, 6) is 0. The van der Waals surface area contributed by atoms with Gasteiger partial charge in [-0.3, -0.25) is 0 Å². The van der Waals surface area contributed by atoms with Gasteiger partial charge in [-0.05, 0) is 12.3 Å². The number of hydrogen-bond donors (Lipinski definition) is 2. The smallest absolute Gasteiger partial charge is 0.116 e. The lowest BCUT2D eigenvalue weighted by Gasteiger charge is -2.20. The van der Waals surface area contributed by atoms with Gasteiger partial charge in [-0.15, -0.1) is 0 Å². The molecule has 0 atom stereocenters. The van der Waals surface area contributed by atoms with Crippen molar-refractivity contribution in [1.29, 1.82) is 5.26 Å². The Morgan fingerprint density at radius 3 is 2.29 bits per heavy atom. The highest BCUT2D eigenvalue weighted by Gasteiger charge is 2.11. The molecule has 0 bridgehead atoms. The number of rotatable bonds is 3. The highest BCUT2D eigenvalue weighted by Crippen LogP contribution is 2.12. The van der Waals surface area contributed by atoms with Crippen molar-refractivity contribution >= 4 is 17.2 Å². The number of hydrogen-bond acceptors (Lipinski definition) is 3. The van der Waals surface area contributed by atoms with Crippen LogP contribution in [0.15, 0.2) is 11.3 Å². The summed E-state index contributed by atoms with van der Waals surface area (Å²) in [6.07, 6.45) is 0. The molecule has 0 rings (SSSR count). The van der Waals surface area contributed by atoms with Crippen LogP contribution in [-0.4, -0.2) is 11.5 Å². The molecule has 4 heteroatoms. The molecule has 0 aliphatic carbocycles. The number of nitrogens with zero attached hydrogens (tertiary/aromatic N) is 1. The third kappa shape index (κ3) is 4.83. The molecule has 0 fully saturated rings. The number of nitriles is 1. The minimum atomic E-state index is 0.145. The lowest BCUT2D eigenvalue weighted by molar-refractivity contribution is 0.397. The fourth-order valence-electron chi connectivity index (χ4n) is 0.810. The van der Waals surface area contributed by atoms with Crippen LogP contribution in [0.25, 0.3) is 0 Å². The second kappa shape index (κ2) is 4.97. The molecule has 0 saturated carbocycles. The van der Waals surface area contributed by atoms with Crippen molar-refractivity contribution in [3.8, 4) is 6.07 Å². The van der Waals surface area contributed by atoms with E-state index in [1.165, 1.54) is 0 Å². The molecular formula is C10H17N3S. The predicted octanol–water partition coefficient (Wildman–Crippen LogP) is 1.71. The maximum Gasteiger partial charge on any atom is 0.116 e. The molecule has 0 aromatic heterocycles. The second-order valence-corrected chi connectivity index (χ2v) is 4.83. The quantitative estimate of drug-likeness (QED) is 0.424. The Balaban J connectivity index is 4.53. The van der Waals surface area contributed by atoms with E-state index in [4.69, 9.17) is 23.2 Å². The second-order valence-electron chi connectivity index (χ2n) is 4.39. The van der Waals surface area contributed by atoms with E-state index in [-0.39, 0.29) is 10.4 Å². The summed E-state index contributed by atoms with van der Waals surface area (Å²) in [4.78, 5) is 0.145. The molecule has 0 spiro atoms. The molecule has 0 aliphatic rings. The Kier molecular flexibility index (Phi) is 4.58. The van der Waals surface area contributed by atoms with E-state index in [0.717, 1.165) is 12.2 Å². The van der Waals surface area contributed by atoms with Crippen LogP contribution in [-0.2, 0) is 0 Å². The molecular weight excluding hydrogens is 194 g/mol. The minimum Gasteiger partial charge on any atom is -0.389 e. The van der Waals surface area contributed by atoms with Gasteiger partial charge >= 0.3 is 0 Å². The van der Waals surface area contributed by atoms with Crippen LogP contribution in [0, 0.1) is 16.7 Å². The van der Waals surface area contributed by atoms with Crippen molar-refractivity contribution in [3.63, 3.8) is 0 Å². The molecule has 0 unspecified atom stereocenters. The zero-order valence-electron chi connectivity index (χ0n) is 9.14. The van der Waals surface area contributed by atoms with Gasteiger partial charge < -0.3 is 11.1 Å². The monoisotopic (exact) mass is 211 g/mol. The number of nitrogens with two attached hydrogens (primary N) is 1. The average molecular weight is 211 g/mol. The van der Waals surface area contributed by atoms with Crippen LogP contribution in [0.2, 0.25) is 0 Å². The lowest BCUT2D eigenvalue weighted by Crippen LogP contribution is -2.27. The number of nitrogens with one attached hydrogen (secondary N) is 1. The standard InChI is InChI=1S/C10H17N3S/c1-7(8(5-11)9(12)14)13-6-10(2,3)4/h13H,6H2,1-4H3,(H2,12,14)/b8-7-. The Morgan fingerprint density at radius 1 is 1.50 bits per heavy atom. The van der Waals surface area contributed by atoms with Crippen molar-refractivity contribution in [2.24, 2.45) is 11.1 Å². The van der Waals surface area contributed by atoms with E-state index in [1.807, 2.05) is 13.0 Å². The van der Waals surface area contributed by atoms with Crippen molar-refractivity contribution in [1.82, 2.24) is 5.32 Å². The zero-order valence-corrected chi connectivity index (χ0v) is 9.96. The van der Waals surface area contributed by atoms with Crippen molar-refractivity contribution in [2.75, 3.05) is 6.54 Å². The Bertz CT molecular complexity index is 291. The van der Waals surface area contributed by atoms with Gasteiger partial charge in [-0.25, -0.2) is 0 Å². The van der Waals surface area contributed by atoms with Gasteiger partial charge in [0.2, 0.25) is 0 Å². The van der Waals surface area contributed by atoms with Crippen molar-refractivity contribution < 1.29 is 0 Å². The SMILES string of the molecule is C/C(NCC(C)(C)C)=C(\C#N)C(N)=S. The van der Waals surface area contributed by atoms with Gasteiger partial charge in [0, 0.05) is 12.2 Å². The third-order valence-electron chi connectivity index (χ3n) is 1.62. The third-order valence-corrected chi connectivity index (χ3v) is 1.82. The molecule has 0 aliphatic heterocycles. The Labute approximate surface area is 91.0 Å². The minimum absolute atomic E-state index is 0.145. The van der Waals surface area contributed by atoms with E-state index in [2.05, 4.69) is 26.1 Å². The van der Waals surface area contributed by atoms with E-state index in [0.29, 0.717) is 5.57 Å². The van der Waals surface area contributed by atoms with E-state index in [9.17, 15) is 0 Å². The molecule has 14 heavy (non-hydrogen) atoms. The summed E-state index contributed by atoms with van der Waals surface area (Å²) in [7, 11) is 0. The van der Waals surface area contributed by atoms with Crippen molar-refractivity contribution in [2.45, 2.75) is 27.7 Å². The van der Waals surface area contributed by atoms with E-state index in [1.54, 1.807) is 0 Å². The molecule has 0 aromatic carbocycles. The van der Waals surface area contributed by atoms with Gasteiger partial charge in [-0.2, -0.15) is 5.26 Å². The van der Waals surface area contributed by atoms with E-state index < -0.39 is 0 Å². The van der Waals surface area contributed by atoms with Crippen LogP contribution in [0.3, 0.4) is 0 Å². The maximum atomic E-state index is 8.78. The molecule has 0 heterocycles. The zero-order chi connectivity index (χ0) is 11.4. The number of thiocarbonyl (C=S) groups is 1. The van der Waals surface area contributed by atoms with Gasteiger partial charge in [0.1, 0.15) is 16.6 Å². The average Bonchev–Trinajstić information content (AvgIpc) is 2.00. The highest BCUT2D eigenvalue weighted by atomic mass is 32.1. The molecule has 0 aromatic rings. The highest BCUT2D eigenvalue weighted by molar-refractivity contribution is 7.80. The molecule has 78 valence electrons. The Morgan fingerprint density at radius 2 is 2.00 bits per heavy atom. The number of allylic oxidation sites excluding steroid dienone is 1. The van der Waals surface area contributed by atoms with Gasteiger partial charge in [0.05, 0.1) is 0 Å². The lowest BCUT2D eigenvalue weighted by atomic mass is 9.97. The maximum absolute atomic E-state index is 8.78. The van der Waals surface area contributed by atoms with Gasteiger partial charge in [-0.1, -0.05) is 33.0 Å². The van der Waals surface area contributed by atoms with E-state index >= 15 is 0 Å².